The zero-order valence-electron chi connectivity index (χ0n) is 32.2. The molecular weight excluding hydrogens is 687 g/mol. The van der Waals surface area contributed by atoms with Crippen molar-refractivity contribution in [3.05, 3.63) is 65.8 Å². The first-order valence-corrected chi connectivity index (χ1v) is 18.3. The standard InChI is InChI=1S/C40H53FN2O10/c1-12-27-50-31-28-20(2)25(49-34(45)21(3)29(30-24(41)14-13-17-42-30)43-35(46)53-36(6,7)8)18-40(47,37(28,9)10)22(4)32-38(11,33(31)51-27)16-15-26-39(32,19-48-26)52-23(5)44/h12-17,21-22,25-27,29,31-33,47H,1,18-19H2,2-11H3,(H,43,46)/t21-,22+,25+,26-,27-,29-,31-,32+,33-,38-,39+,40-/m1/s1. The topological polar surface area (TPSA) is 152 Å². The lowest BCUT2D eigenvalue weighted by Crippen LogP contribution is -2.76. The van der Waals surface area contributed by atoms with E-state index in [1.54, 1.807) is 26.8 Å². The monoisotopic (exact) mass is 740 g/mol. The number of carbonyl (C=O) groups excluding carboxylic acids is 3. The van der Waals surface area contributed by atoms with Crippen LogP contribution in [0.4, 0.5) is 9.18 Å². The van der Waals surface area contributed by atoms with Gasteiger partial charge in [0.15, 0.2) is 11.9 Å². The van der Waals surface area contributed by atoms with Gasteiger partial charge in [-0.25, -0.2) is 9.18 Å². The van der Waals surface area contributed by atoms with Gasteiger partial charge in [0, 0.05) is 36.3 Å². The molecule has 12 nitrogen and oxygen atoms in total. The summed E-state index contributed by atoms with van der Waals surface area (Å²) in [6.07, 6.45) is 2.37. The van der Waals surface area contributed by atoms with Crippen LogP contribution in [0.15, 0.2) is 54.3 Å². The number of aromatic nitrogens is 1. The molecule has 12 atom stereocenters. The van der Waals surface area contributed by atoms with E-state index in [0.29, 0.717) is 5.57 Å². The third-order valence-corrected chi connectivity index (χ3v) is 12.4. The van der Waals surface area contributed by atoms with Gasteiger partial charge in [0.05, 0.1) is 29.9 Å². The maximum atomic E-state index is 15.2. The second kappa shape index (κ2) is 13.3. The number of aliphatic hydroxyl groups is 1. The van der Waals surface area contributed by atoms with Crippen LogP contribution in [-0.2, 0) is 38.0 Å². The quantitative estimate of drug-likeness (QED) is 0.203. The van der Waals surface area contributed by atoms with Gasteiger partial charge in [-0.05, 0) is 69.9 Å². The lowest BCUT2D eigenvalue weighted by atomic mass is 9.44. The molecule has 0 unspecified atom stereocenters. The number of esters is 2. The Balaban J connectivity index is 1.43. The SMILES string of the molecule is C=C[C@@H]1O[C@@H]2C3=C(C)[C@@H](OC(=O)[C@H](C)[C@@H](NC(=O)OC(C)(C)C)c4ncccc4F)C[C@@](O)([C@@H](C)[C@H]4[C@@](C)(C=C[C@H]5OC[C@]54OC(C)=O)[C@@H]2O1)C3(C)C. The van der Waals surface area contributed by atoms with Crippen LogP contribution < -0.4 is 5.32 Å². The number of carbonyl (C=O) groups is 3. The van der Waals surface area contributed by atoms with Gasteiger partial charge in [0.1, 0.15) is 35.8 Å². The molecule has 6 rings (SSSR count). The van der Waals surface area contributed by atoms with Crippen molar-refractivity contribution < 1.29 is 52.3 Å². The third-order valence-electron chi connectivity index (χ3n) is 12.4. The van der Waals surface area contributed by atoms with E-state index in [0.717, 1.165) is 5.57 Å². The molecule has 3 fully saturated rings. The van der Waals surface area contributed by atoms with E-state index in [1.165, 1.54) is 32.2 Å². The van der Waals surface area contributed by atoms with Gasteiger partial charge in [-0.15, -0.1) is 0 Å². The predicted molar refractivity (Wildman–Crippen MR) is 189 cm³/mol. The molecule has 0 aromatic carbocycles. The van der Waals surface area contributed by atoms with E-state index >= 15 is 4.39 Å². The summed E-state index contributed by atoms with van der Waals surface area (Å²) in [6, 6.07) is 1.35. The Morgan fingerprint density at radius 3 is 2.49 bits per heavy atom. The number of alkyl carbamates (subject to hydrolysis) is 1. The molecule has 3 aliphatic carbocycles. The van der Waals surface area contributed by atoms with Crippen LogP contribution in [0.3, 0.4) is 0 Å². The van der Waals surface area contributed by atoms with Crippen molar-refractivity contribution in [2.45, 2.75) is 129 Å². The molecule has 13 heteroatoms. The zero-order chi connectivity index (χ0) is 39.1. The fourth-order valence-electron chi connectivity index (χ4n) is 9.88. The van der Waals surface area contributed by atoms with E-state index in [9.17, 15) is 19.5 Å². The number of pyridine rings is 1. The maximum absolute atomic E-state index is 15.2. The van der Waals surface area contributed by atoms with Crippen LogP contribution in [0.2, 0.25) is 0 Å². The molecule has 0 spiro atoms. The molecule has 2 saturated heterocycles. The first kappa shape index (κ1) is 39.1. The first-order valence-electron chi connectivity index (χ1n) is 18.3. The summed E-state index contributed by atoms with van der Waals surface area (Å²) in [5, 5.41) is 15.9. The van der Waals surface area contributed by atoms with Crippen LogP contribution in [-0.4, -0.2) is 82.2 Å². The second-order valence-electron chi connectivity index (χ2n) is 17.0. The van der Waals surface area contributed by atoms with E-state index in [1.807, 2.05) is 46.8 Å². The minimum atomic E-state index is -1.57. The Bertz CT molecular complexity index is 1740. The first-order chi connectivity index (χ1) is 24.6. The van der Waals surface area contributed by atoms with Crippen LogP contribution in [0.5, 0.6) is 0 Å². The van der Waals surface area contributed by atoms with E-state index < -0.39 is 106 Å². The van der Waals surface area contributed by atoms with Gasteiger partial charge >= 0.3 is 18.0 Å². The van der Waals surface area contributed by atoms with Gasteiger partial charge in [0.25, 0.3) is 0 Å². The molecule has 1 amide bonds. The van der Waals surface area contributed by atoms with E-state index in [-0.39, 0.29) is 18.7 Å². The van der Waals surface area contributed by atoms with Crippen molar-refractivity contribution in [1.29, 1.82) is 0 Å². The van der Waals surface area contributed by atoms with E-state index in [2.05, 4.69) is 16.9 Å². The second-order valence-corrected chi connectivity index (χ2v) is 17.0. The Morgan fingerprint density at radius 1 is 1.21 bits per heavy atom. The van der Waals surface area contributed by atoms with Crippen molar-refractivity contribution in [3.8, 4) is 0 Å². The summed E-state index contributed by atoms with van der Waals surface area (Å²) in [4.78, 5) is 44.1. The molecule has 290 valence electrons. The molecule has 53 heavy (non-hydrogen) atoms. The summed E-state index contributed by atoms with van der Waals surface area (Å²) in [5.41, 5.74) is -4.09. The summed E-state index contributed by atoms with van der Waals surface area (Å²) in [5.74, 6) is -4.22. The van der Waals surface area contributed by atoms with Gasteiger partial charge in [-0.2, -0.15) is 0 Å². The number of rotatable bonds is 7. The Labute approximate surface area is 310 Å². The molecule has 1 aromatic rings. The molecule has 2 bridgehead atoms. The summed E-state index contributed by atoms with van der Waals surface area (Å²) >= 11 is 0. The number of ether oxygens (including phenoxy) is 6. The number of nitrogens with one attached hydrogen (secondary N) is 1. The highest BCUT2D eigenvalue weighted by Crippen LogP contribution is 2.66. The number of fused-ring (bicyclic) bond motifs is 8. The Hall–Kier alpha value is -3.65. The largest absolute Gasteiger partial charge is 0.457 e. The average molecular weight is 741 g/mol. The van der Waals surface area contributed by atoms with Crippen LogP contribution in [0.1, 0.15) is 87.4 Å². The number of nitrogens with zero attached hydrogens (tertiary/aromatic N) is 1. The normalized spacial score (nSPS) is 38.0. The molecule has 1 aromatic heterocycles. The average Bonchev–Trinajstić information content (AvgIpc) is 3.48. The van der Waals surface area contributed by atoms with Crippen molar-refractivity contribution in [3.63, 3.8) is 0 Å². The van der Waals surface area contributed by atoms with Gasteiger partial charge in [-0.1, -0.05) is 46.4 Å². The highest BCUT2D eigenvalue weighted by atomic mass is 19.1. The third kappa shape index (κ3) is 6.21. The van der Waals surface area contributed by atoms with Crippen LogP contribution in [0, 0.1) is 34.4 Å². The van der Waals surface area contributed by atoms with Gasteiger partial charge in [-0.3, -0.25) is 14.6 Å². The highest BCUT2D eigenvalue weighted by Gasteiger charge is 2.74. The fourth-order valence-corrected chi connectivity index (χ4v) is 9.88. The minimum Gasteiger partial charge on any atom is -0.457 e. The lowest BCUT2D eigenvalue weighted by Gasteiger charge is -2.66. The van der Waals surface area contributed by atoms with Crippen molar-refractivity contribution in [2.75, 3.05) is 6.61 Å². The summed E-state index contributed by atoms with van der Waals surface area (Å²) in [7, 11) is 0. The fraction of sp³-hybridized carbons (Fsp3) is 0.650. The van der Waals surface area contributed by atoms with E-state index in [4.69, 9.17) is 28.4 Å². The number of hydrogen-bond donors (Lipinski definition) is 2. The molecule has 3 heterocycles. The van der Waals surface area contributed by atoms with Crippen molar-refractivity contribution in [2.24, 2.45) is 28.6 Å². The van der Waals surface area contributed by atoms with Gasteiger partial charge < -0.3 is 38.8 Å². The molecule has 1 saturated carbocycles. The Kier molecular flexibility index (Phi) is 9.79. The van der Waals surface area contributed by atoms with Crippen LogP contribution in [0.25, 0.3) is 0 Å². The highest BCUT2D eigenvalue weighted by molar-refractivity contribution is 5.76. The molecular formula is C40H53FN2O10. The van der Waals surface area contributed by atoms with Crippen molar-refractivity contribution >= 4 is 18.0 Å². The predicted octanol–water partition coefficient (Wildman–Crippen LogP) is 5.65. The zero-order valence-corrected chi connectivity index (χ0v) is 32.2. The molecule has 2 N–H and O–H groups in total. The number of hydrogen-bond acceptors (Lipinski definition) is 11. The van der Waals surface area contributed by atoms with Gasteiger partial charge in [0.2, 0.25) is 0 Å². The number of amides is 1. The lowest BCUT2D eigenvalue weighted by molar-refractivity contribution is -0.306. The van der Waals surface area contributed by atoms with Crippen molar-refractivity contribution in [1.82, 2.24) is 10.3 Å². The number of halogens is 1. The summed E-state index contributed by atoms with van der Waals surface area (Å²) in [6.45, 7) is 21.7. The van der Waals surface area contributed by atoms with Crippen LogP contribution >= 0.6 is 0 Å². The molecule has 0 radical (unpaired) electrons. The maximum Gasteiger partial charge on any atom is 0.408 e. The minimum absolute atomic E-state index is 0.0157. The smallest absolute Gasteiger partial charge is 0.408 e. The molecule has 5 aliphatic rings. The molecule has 2 aliphatic heterocycles. The summed E-state index contributed by atoms with van der Waals surface area (Å²) < 4.78 is 52.3. The Morgan fingerprint density at radius 2 is 1.91 bits per heavy atom.